The van der Waals surface area contributed by atoms with Crippen LogP contribution in [0.3, 0.4) is 0 Å². The molecule has 2 rings (SSSR count). The highest BCUT2D eigenvalue weighted by atomic mass is 35.5. The Morgan fingerprint density at radius 1 is 1.05 bits per heavy atom. The van der Waals surface area contributed by atoms with Crippen LogP contribution in [-0.2, 0) is 4.79 Å². The van der Waals surface area contributed by atoms with Gasteiger partial charge in [-0.15, -0.1) is 0 Å². The van der Waals surface area contributed by atoms with Crippen molar-refractivity contribution in [3.05, 3.63) is 58.3 Å². The van der Waals surface area contributed by atoms with Gasteiger partial charge in [-0.3, -0.25) is 14.6 Å². The average molecular weight is 324 g/mol. The van der Waals surface area contributed by atoms with Crippen LogP contribution < -0.4 is 10.6 Å². The summed E-state index contributed by atoms with van der Waals surface area (Å²) in [4.78, 5) is 27.4. The van der Waals surface area contributed by atoms with Gasteiger partial charge < -0.3 is 10.6 Å². The molecule has 2 amide bonds. The Hall–Kier alpha value is -2.11. The molecule has 0 radical (unpaired) electrons. The molecular weight excluding hydrogens is 313 g/mol. The van der Waals surface area contributed by atoms with Crippen molar-refractivity contribution in [2.45, 2.75) is 0 Å². The Morgan fingerprint density at radius 2 is 1.76 bits per heavy atom. The number of rotatable bonds is 4. The first-order chi connectivity index (χ1) is 10.1. The Labute approximate surface area is 131 Å². The average Bonchev–Trinajstić information content (AvgIpc) is 2.48. The summed E-state index contributed by atoms with van der Waals surface area (Å²) in [6.45, 7) is -0.151. The number of amides is 2. The van der Waals surface area contributed by atoms with E-state index in [1.54, 1.807) is 24.5 Å². The predicted octanol–water partition coefficient (Wildman–Crippen LogP) is 2.76. The van der Waals surface area contributed by atoms with E-state index in [9.17, 15) is 9.59 Å². The normalized spacial score (nSPS) is 10.0. The van der Waals surface area contributed by atoms with E-state index in [0.717, 1.165) is 0 Å². The quantitative estimate of drug-likeness (QED) is 0.908. The van der Waals surface area contributed by atoms with E-state index in [2.05, 4.69) is 15.6 Å². The number of nitrogens with zero attached hydrogens (tertiary/aromatic N) is 1. The number of carbonyl (C=O) groups excluding carboxylic acids is 2. The maximum absolute atomic E-state index is 11.9. The molecule has 0 atom stereocenters. The molecule has 2 aromatic rings. The van der Waals surface area contributed by atoms with Gasteiger partial charge in [0.05, 0.1) is 16.6 Å². The third kappa shape index (κ3) is 4.44. The number of benzene rings is 1. The number of halogens is 2. The summed E-state index contributed by atoms with van der Waals surface area (Å²) >= 11 is 11.6. The van der Waals surface area contributed by atoms with E-state index in [0.29, 0.717) is 16.3 Å². The van der Waals surface area contributed by atoms with Gasteiger partial charge in [-0.2, -0.15) is 0 Å². The van der Waals surface area contributed by atoms with E-state index in [-0.39, 0.29) is 17.5 Å². The molecule has 0 aliphatic rings. The minimum Gasteiger partial charge on any atom is -0.343 e. The number of carbonyl (C=O) groups is 2. The van der Waals surface area contributed by atoms with E-state index in [4.69, 9.17) is 23.2 Å². The van der Waals surface area contributed by atoms with E-state index < -0.39 is 5.91 Å². The highest BCUT2D eigenvalue weighted by Gasteiger charge is 2.10. The van der Waals surface area contributed by atoms with Crippen molar-refractivity contribution in [3.8, 4) is 0 Å². The summed E-state index contributed by atoms with van der Waals surface area (Å²) < 4.78 is 0. The fourth-order valence-electron chi connectivity index (χ4n) is 1.54. The molecule has 0 aliphatic carbocycles. The number of hydrogen-bond acceptors (Lipinski definition) is 3. The lowest BCUT2D eigenvalue weighted by atomic mass is 10.2. The van der Waals surface area contributed by atoms with Crippen molar-refractivity contribution in [2.24, 2.45) is 0 Å². The molecule has 0 unspecified atom stereocenters. The molecule has 0 aliphatic heterocycles. The Morgan fingerprint density at radius 3 is 2.43 bits per heavy atom. The first kappa shape index (κ1) is 15.3. The molecule has 7 heteroatoms. The maximum atomic E-state index is 11.9. The molecule has 0 saturated heterocycles. The van der Waals surface area contributed by atoms with Crippen molar-refractivity contribution >= 4 is 40.7 Å². The first-order valence-electron chi connectivity index (χ1n) is 5.99. The molecule has 0 saturated carbocycles. The molecule has 0 bridgehead atoms. The van der Waals surface area contributed by atoms with Gasteiger partial charge in [0.15, 0.2) is 0 Å². The number of anilines is 1. The minimum absolute atomic E-state index is 0.151. The van der Waals surface area contributed by atoms with Crippen LogP contribution >= 0.6 is 23.2 Å². The summed E-state index contributed by atoms with van der Waals surface area (Å²) in [6.07, 6.45) is 3.12. The number of aromatic nitrogens is 1. The first-order valence-corrected chi connectivity index (χ1v) is 6.75. The van der Waals surface area contributed by atoms with Gasteiger partial charge in [0.2, 0.25) is 5.91 Å². The van der Waals surface area contributed by atoms with Crippen LogP contribution in [0.25, 0.3) is 0 Å². The molecule has 1 aromatic heterocycles. The smallest absolute Gasteiger partial charge is 0.251 e. The second-order valence-corrected chi connectivity index (χ2v) is 4.91. The third-order valence-electron chi connectivity index (χ3n) is 2.56. The summed E-state index contributed by atoms with van der Waals surface area (Å²) in [5.41, 5.74) is 0.944. The highest BCUT2D eigenvalue weighted by Crippen LogP contribution is 2.22. The second kappa shape index (κ2) is 7.06. The van der Waals surface area contributed by atoms with Crippen LogP contribution in [0, 0.1) is 0 Å². The third-order valence-corrected chi connectivity index (χ3v) is 3.29. The Bertz CT molecular complexity index is 663. The number of hydrogen-bond donors (Lipinski definition) is 2. The van der Waals surface area contributed by atoms with Crippen LogP contribution in [0.1, 0.15) is 10.4 Å². The standard InChI is InChI=1S/C14H11Cl2N3O2/c15-11-2-1-9(7-12(11)16)14(21)18-8-13(20)19-10-3-5-17-6-4-10/h1-7H,8H2,(H,18,21)(H,17,19,20). The summed E-state index contributed by atoms with van der Waals surface area (Å²) in [5, 5.41) is 5.77. The molecule has 0 spiro atoms. The van der Waals surface area contributed by atoms with Crippen LogP contribution in [0.2, 0.25) is 10.0 Å². The predicted molar refractivity (Wildman–Crippen MR) is 81.7 cm³/mol. The molecule has 1 aromatic carbocycles. The fourth-order valence-corrected chi connectivity index (χ4v) is 1.84. The van der Waals surface area contributed by atoms with Gasteiger partial charge >= 0.3 is 0 Å². The zero-order valence-corrected chi connectivity index (χ0v) is 12.3. The Kier molecular flexibility index (Phi) is 5.14. The lowest BCUT2D eigenvalue weighted by Crippen LogP contribution is -2.32. The fraction of sp³-hybridized carbons (Fsp3) is 0.0714. The summed E-state index contributed by atoms with van der Waals surface area (Å²) in [6, 6.07) is 7.80. The molecule has 108 valence electrons. The van der Waals surface area contributed by atoms with Crippen LogP contribution in [0.5, 0.6) is 0 Å². The lowest BCUT2D eigenvalue weighted by molar-refractivity contribution is -0.115. The SMILES string of the molecule is O=C(CNC(=O)c1ccc(Cl)c(Cl)c1)Nc1ccncc1. The van der Waals surface area contributed by atoms with Gasteiger partial charge in [-0.05, 0) is 30.3 Å². The topological polar surface area (TPSA) is 71.1 Å². The molecule has 21 heavy (non-hydrogen) atoms. The van der Waals surface area contributed by atoms with Gasteiger partial charge in [0.1, 0.15) is 0 Å². The van der Waals surface area contributed by atoms with Crippen molar-refractivity contribution in [2.75, 3.05) is 11.9 Å². The largest absolute Gasteiger partial charge is 0.343 e. The summed E-state index contributed by atoms with van der Waals surface area (Å²) in [5.74, 6) is -0.743. The van der Waals surface area contributed by atoms with Crippen molar-refractivity contribution in [1.29, 1.82) is 0 Å². The molecule has 1 heterocycles. The maximum Gasteiger partial charge on any atom is 0.251 e. The van der Waals surface area contributed by atoms with Crippen LogP contribution in [0.4, 0.5) is 5.69 Å². The van der Waals surface area contributed by atoms with Crippen LogP contribution in [0.15, 0.2) is 42.7 Å². The van der Waals surface area contributed by atoms with Crippen molar-refractivity contribution in [1.82, 2.24) is 10.3 Å². The second-order valence-electron chi connectivity index (χ2n) is 4.10. The van der Waals surface area contributed by atoms with E-state index in [1.807, 2.05) is 0 Å². The summed E-state index contributed by atoms with van der Waals surface area (Å²) in [7, 11) is 0. The van der Waals surface area contributed by atoms with E-state index in [1.165, 1.54) is 18.2 Å². The van der Waals surface area contributed by atoms with Gasteiger partial charge in [-0.25, -0.2) is 0 Å². The van der Waals surface area contributed by atoms with Crippen LogP contribution in [-0.4, -0.2) is 23.3 Å². The molecule has 2 N–H and O–H groups in total. The highest BCUT2D eigenvalue weighted by molar-refractivity contribution is 6.42. The van der Waals surface area contributed by atoms with Crippen molar-refractivity contribution in [3.63, 3.8) is 0 Å². The molecular formula is C14H11Cl2N3O2. The number of pyridine rings is 1. The molecule has 0 fully saturated rings. The van der Waals surface area contributed by atoms with Gasteiger partial charge in [0.25, 0.3) is 5.91 Å². The van der Waals surface area contributed by atoms with Crippen molar-refractivity contribution < 1.29 is 9.59 Å². The number of nitrogens with one attached hydrogen (secondary N) is 2. The Balaban J connectivity index is 1.89. The zero-order chi connectivity index (χ0) is 15.2. The van der Waals surface area contributed by atoms with Gasteiger partial charge in [-0.1, -0.05) is 23.2 Å². The lowest BCUT2D eigenvalue weighted by Gasteiger charge is -2.07. The molecule has 5 nitrogen and oxygen atoms in total. The minimum atomic E-state index is -0.404. The van der Waals surface area contributed by atoms with E-state index >= 15 is 0 Å². The zero-order valence-electron chi connectivity index (χ0n) is 10.8. The van der Waals surface area contributed by atoms with Gasteiger partial charge in [0, 0.05) is 23.6 Å². The monoisotopic (exact) mass is 323 g/mol.